The molecule has 0 saturated carbocycles. The van der Waals surface area contributed by atoms with Gasteiger partial charge in [0, 0.05) is 45.1 Å². The average Bonchev–Trinajstić information content (AvgIpc) is 3.17. The smallest absolute Gasteiger partial charge is 0.135 e. The van der Waals surface area contributed by atoms with Gasteiger partial charge in [-0.05, 0) is 45.8 Å². The maximum atomic E-state index is 6.36. The van der Waals surface area contributed by atoms with Crippen LogP contribution < -0.4 is 9.47 Å². The monoisotopic (exact) mass is 656 g/mol. The molecule has 0 aliphatic heterocycles. The largest absolute Gasteiger partial charge is 0.490 e. The summed E-state index contributed by atoms with van der Waals surface area (Å²) in [6.45, 7) is 2.46. The number of rotatable bonds is 13. The standard InChI is InChI=1S/C44H36N2O4/c1-5-17-37-31(11-1)27-32-12-2-6-18-38(32)43(37)49-25-23-47-29-35-15-9-21-45-41(35)42-36(16-10-22-46-42)30-48-24-26-50-44-39-19-7-3-13-33(39)28-34-14-4-8-20-40(34)44/h1-22,27-28H,23-26,29-30H2. The van der Waals surface area contributed by atoms with Crippen molar-refractivity contribution in [1.82, 2.24) is 9.97 Å². The van der Waals surface area contributed by atoms with Crippen LogP contribution in [0.3, 0.4) is 0 Å². The summed E-state index contributed by atoms with van der Waals surface area (Å²) < 4.78 is 25.0. The minimum Gasteiger partial charge on any atom is -0.490 e. The molecule has 2 aromatic heterocycles. The third-order valence-electron chi connectivity index (χ3n) is 8.91. The highest BCUT2D eigenvalue weighted by atomic mass is 16.5. The second kappa shape index (κ2) is 14.7. The van der Waals surface area contributed by atoms with Gasteiger partial charge in [-0.15, -0.1) is 0 Å². The second-order valence-electron chi connectivity index (χ2n) is 12.1. The van der Waals surface area contributed by atoms with Gasteiger partial charge in [-0.2, -0.15) is 0 Å². The third kappa shape index (κ3) is 6.59. The summed E-state index contributed by atoms with van der Waals surface area (Å²) in [4.78, 5) is 9.42. The lowest BCUT2D eigenvalue weighted by Gasteiger charge is -2.15. The van der Waals surface area contributed by atoms with Gasteiger partial charge in [-0.1, -0.05) is 109 Å². The SMILES string of the molecule is c1cnc(-c2ncccc2COCCOc2c3ccccc3cc3ccccc23)c(COCCOc2c3ccccc3cc3ccccc23)c1. The van der Waals surface area contributed by atoms with Crippen LogP contribution in [0.15, 0.2) is 146 Å². The Morgan fingerprint density at radius 1 is 0.380 bits per heavy atom. The molecule has 0 spiro atoms. The number of nitrogens with zero attached hydrogens (tertiary/aromatic N) is 2. The molecule has 6 nitrogen and oxygen atoms in total. The van der Waals surface area contributed by atoms with Gasteiger partial charge in [0.2, 0.25) is 0 Å². The molecule has 6 aromatic carbocycles. The number of hydrogen-bond acceptors (Lipinski definition) is 6. The fourth-order valence-electron chi connectivity index (χ4n) is 6.56. The number of ether oxygens (including phenoxy) is 4. The van der Waals surface area contributed by atoms with Crippen LogP contribution >= 0.6 is 0 Å². The Hall–Kier alpha value is -5.82. The van der Waals surface area contributed by atoms with Gasteiger partial charge in [0.25, 0.3) is 0 Å². The molecule has 0 fully saturated rings. The van der Waals surface area contributed by atoms with Crippen LogP contribution in [0.4, 0.5) is 0 Å². The van der Waals surface area contributed by atoms with Gasteiger partial charge in [0.15, 0.2) is 0 Å². The lowest BCUT2D eigenvalue weighted by Crippen LogP contribution is -2.09. The van der Waals surface area contributed by atoms with E-state index in [9.17, 15) is 0 Å². The predicted octanol–water partition coefficient (Wildman–Crippen LogP) is 9.95. The lowest BCUT2D eigenvalue weighted by atomic mass is 10.0. The van der Waals surface area contributed by atoms with Crippen molar-refractivity contribution in [3.05, 3.63) is 157 Å². The summed E-state index contributed by atoms with van der Waals surface area (Å²) in [5.41, 5.74) is 3.47. The van der Waals surface area contributed by atoms with Crippen LogP contribution in [0.25, 0.3) is 54.5 Å². The molecule has 8 rings (SSSR count). The van der Waals surface area contributed by atoms with Gasteiger partial charge in [0.1, 0.15) is 24.7 Å². The highest BCUT2D eigenvalue weighted by Crippen LogP contribution is 2.36. The first-order chi connectivity index (χ1) is 24.8. The Bertz CT molecular complexity index is 2150. The third-order valence-corrected chi connectivity index (χ3v) is 8.91. The van der Waals surface area contributed by atoms with Crippen molar-refractivity contribution in [1.29, 1.82) is 0 Å². The zero-order valence-corrected chi connectivity index (χ0v) is 27.6. The summed E-state index contributed by atoms with van der Waals surface area (Å²) in [5.74, 6) is 1.77. The van der Waals surface area contributed by atoms with Crippen molar-refractivity contribution in [3.63, 3.8) is 0 Å². The van der Waals surface area contributed by atoms with E-state index in [0.717, 1.165) is 77.1 Å². The highest BCUT2D eigenvalue weighted by molar-refractivity contribution is 6.06. The molecule has 0 aliphatic carbocycles. The maximum Gasteiger partial charge on any atom is 0.135 e. The summed E-state index contributed by atoms with van der Waals surface area (Å²) >= 11 is 0. The summed E-state index contributed by atoms with van der Waals surface area (Å²) in [6, 6.07) is 45.6. The van der Waals surface area contributed by atoms with Gasteiger partial charge in [0.05, 0.1) is 37.8 Å². The fraction of sp³-hybridized carbons (Fsp3) is 0.136. The Balaban J connectivity index is 0.899. The number of fused-ring (bicyclic) bond motifs is 4. The summed E-state index contributed by atoms with van der Waals surface area (Å²) in [6.07, 6.45) is 3.57. The quantitative estimate of drug-likeness (QED) is 0.0910. The van der Waals surface area contributed by atoms with Crippen molar-refractivity contribution in [2.45, 2.75) is 13.2 Å². The number of hydrogen-bond donors (Lipinski definition) is 0. The Morgan fingerprint density at radius 3 is 1.12 bits per heavy atom. The van der Waals surface area contributed by atoms with Crippen molar-refractivity contribution in [3.8, 4) is 22.9 Å². The first kappa shape index (κ1) is 31.4. The van der Waals surface area contributed by atoms with Crippen molar-refractivity contribution in [2.24, 2.45) is 0 Å². The fourth-order valence-corrected chi connectivity index (χ4v) is 6.56. The molecule has 0 atom stereocenters. The van der Waals surface area contributed by atoms with E-state index >= 15 is 0 Å². The molecule has 246 valence electrons. The lowest BCUT2D eigenvalue weighted by molar-refractivity contribution is 0.0891. The van der Waals surface area contributed by atoms with E-state index in [-0.39, 0.29) is 0 Å². The molecular weight excluding hydrogens is 620 g/mol. The van der Waals surface area contributed by atoms with Gasteiger partial charge >= 0.3 is 0 Å². The van der Waals surface area contributed by atoms with Gasteiger partial charge in [-0.3, -0.25) is 9.97 Å². The van der Waals surface area contributed by atoms with E-state index in [0.29, 0.717) is 39.6 Å². The number of aromatic nitrogens is 2. The Labute approximate surface area is 290 Å². The zero-order chi connectivity index (χ0) is 33.5. The predicted molar refractivity (Wildman–Crippen MR) is 201 cm³/mol. The molecular formula is C44H36N2O4. The second-order valence-corrected chi connectivity index (χ2v) is 12.1. The van der Waals surface area contributed by atoms with Crippen LogP contribution in [0, 0.1) is 0 Å². The topological polar surface area (TPSA) is 62.7 Å². The van der Waals surface area contributed by atoms with E-state index in [4.69, 9.17) is 28.9 Å². The first-order valence-corrected chi connectivity index (χ1v) is 16.9. The Morgan fingerprint density at radius 2 is 0.740 bits per heavy atom. The molecule has 8 aromatic rings. The van der Waals surface area contributed by atoms with Crippen molar-refractivity contribution >= 4 is 43.1 Å². The molecule has 0 amide bonds. The van der Waals surface area contributed by atoms with Crippen LogP contribution in [0.1, 0.15) is 11.1 Å². The molecule has 0 saturated heterocycles. The van der Waals surface area contributed by atoms with E-state index in [1.54, 1.807) is 12.4 Å². The normalized spacial score (nSPS) is 11.4. The zero-order valence-electron chi connectivity index (χ0n) is 27.6. The van der Waals surface area contributed by atoms with Crippen LogP contribution in [-0.2, 0) is 22.7 Å². The molecule has 6 heteroatoms. The summed E-state index contributed by atoms with van der Waals surface area (Å²) in [5, 5.41) is 9.01. The molecule has 0 bridgehead atoms. The molecule has 2 heterocycles. The van der Waals surface area contributed by atoms with Crippen LogP contribution in [-0.4, -0.2) is 36.4 Å². The molecule has 0 unspecified atom stereocenters. The van der Waals surface area contributed by atoms with Crippen LogP contribution in [0.2, 0.25) is 0 Å². The van der Waals surface area contributed by atoms with Crippen molar-refractivity contribution in [2.75, 3.05) is 26.4 Å². The first-order valence-electron chi connectivity index (χ1n) is 16.9. The number of pyridine rings is 2. The summed E-state index contributed by atoms with van der Waals surface area (Å²) in [7, 11) is 0. The molecule has 0 N–H and O–H groups in total. The molecule has 0 aliphatic rings. The maximum absolute atomic E-state index is 6.36. The van der Waals surface area contributed by atoms with E-state index in [1.807, 2.05) is 48.5 Å². The minimum atomic E-state index is 0.381. The highest BCUT2D eigenvalue weighted by Gasteiger charge is 2.14. The number of benzene rings is 6. The van der Waals surface area contributed by atoms with Gasteiger partial charge < -0.3 is 18.9 Å². The molecule has 50 heavy (non-hydrogen) atoms. The van der Waals surface area contributed by atoms with Crippen molar-refractivity contribution < 1.29 is 18.9 Å². The minimum absolute atomic E-state index is 0.381. The van der Waals surface area contributed by atoms with Gasteiger partial charge in [-0.25, -0.2) is 0 Å². The van der Waals surface area contributed by atoms with Crippen LogP contribution in [0.5, 0.6) is 11.5 Å². The van der Waals surface area contributed by atoms with E-state index < -0.39 is 0 Å². The average molecular weight is 657 g/mol. The Kier molecular flexibility index (Phi) is 9.27. The van der Waals surface area contributed by atoms with E-state index in [1.165, 1.54) is 0 Å². The van der Waals surface area contributed by atoms with E-state index in [2.05, 4.69) is 84.9 Å². The molecule has 0 radical (unpaired) electrons.